The molecule has 4 aromatic rings. The van der Waals surface area contributed by atoms with Gasteiger partial charge in [0.2, 0.25) is 12.7 Å². The Balaban J connectivity index is 1.38. The van der Waals surface area contributed by atoms with Crippen molar-refractivity contribution < 1.29 is 23.8 Å². The lowest BCUT2D eigenvalue weighted by Crippen LogP contribution is -2.37. The molecule has 1 saturated heterocycles. The van der Waals surface area contributed by atoms with Crippen LogP contribution < -0.4 is 25.2 Å². The van der Waals surface area contributed by atoms with E-state index in [9.17, 15) is 4.79 Å². The fourth-order valence-electron chi connectivity index (χ4n) is 4.37. The van der Waals surface area contributed by atoms with Crippen molar-refractivity contribution in [2.75, 3.05) is 49.9 Å². The number of aryl methyl sites for hydroxylation is 1. The molecule has 0 aliphatic carbocycles. The maximum atomic E-state index is 11.6. The largest absolute Gasteiger partial charge is 0.454 e. The number of benzene rings is 1. The molecule has 196 valence electrons. The summed E-state index contributed by atoms with van der Waals surface area (Å²) in [7, 11) is 3.75. The second kappa shape index (κ2) is 9.72. The number of hydrogen-bond donors (Lipinski definition) is 1. The van der Waals surface area contributed by atoms with E-state index in [1.165, 1.54) is 12.4 Å². The van der Waals surface area contributed by atoms with E-state index < -0.39 is 5.97 Å². The van der Waals surface area contributed by atoms with Gasteiger partial charge in [-0.2, -0.15) is 5.90 Å². The highest BCUT2D eigenvalue weighted by Gasteiger charge is 2.24. The minimum absolute atomic E-state index is 0.161. The van der Waals surface area contributed by atoms with E-state index in [0.29, 0.717) is 67.3 Å². The molecule has 14 nitrogen and oxygen atoms in total. The van der Waals surface area contributed by atoms with Crippen LogP contribution in [0, 0.1) is 0 Å². The van der Waals surface area contributed by atoms with Gasteiger partial charge in [-0.25, -0.2) is 29.7 Å². The van der Waals surface area contributed by atoms with Crippen LogP contribution in [0.1, 0.15) is 16.2 Å². The maximum Gasteiger partial charge on any atom is 0.359 e. The number of morpholine rings is 1. The first-order valence-electron chi connectivity index (χ1n) is 11.9. The van der Waals surface area contributed by atoms with Crippen molar-refractivity contribution in [3.63, 3.8) is 0 Å². The highest BCUT2D eigenvalue weighted by molar-refractivity contribution is 5.88. The van der Waals surface area contributed by atoms with E-state index in [4.69, 9.17) is 35.1 Å². The Morgan fingerprint density at radius 1 is 1.11 bits per heavy atom. The number of rotatable bonds is 6. The van der Waals surface area contributed by atoms with Gasteiger partial charge in [-0.15, -0.1) is 0 Å². The number of hydrogen-bond acceptors (Lipinski definition) is 13. The van der Waals surface area contributed by atoms with Gasteiger partial charge in [0.25, 0.3) is 0 Å². The number of imidazole rings is 1. The van der Waals surface area contributed by atoms with Gasteiger partial charge in [-0.1, -0.05) is 0 Å². The van der Waals surface area contributed by atoms with Gasteiger partial charge >= 0.3 is 5.97 Å². The molecule has 0 unspecified atom stereocenters. The summed E-state index contributed by atoms with van der Waals surface area (Å²) in [5, 5.41) is 0. The van der Waals surface area contributed by atoms with Crippen LogP contribution in [-0.4, -0.2) is 75.6 Å². The van der Waals surface area contributed by atoms with Gasteiger partial charge in [0.05, 0.1) is 25.3 Å². The van der Waals surface area contributed by atoms with Crippen LogP contribution in [0.3, 0.4) is 0 Å². The van der Waals surface area contributed by atoms with E-state index in [2.05, 4.69) is 19.7 Å². The van der Waals surface area contributed by atoms with E-state index in [1.807, 2.05) is 41.8 Å². The molecule has 38 heavy (non-hydrogen) atoms. The number of carbonyl (C=O) groups excluding carboxylic acids is 1. The van der Waals surface area contributed by atoms with Crippen molar-refractivity contribution in [1.29, 1.82) is 0 Å². The Hall–Kier alpha value is -4.56. The normalized spacial score (nSPS) is 14.7. The molecule has 0 spiro atoms. The van der Waals surface area contributed by atoms with Crippen LogP contribution in [0.2, 0.25) is 0 Å². The SMILES string of the molecule is CN(Cc1nc2c(N3CCOCC3)nc(-c3ccc4c(c3)OCO4)nc2n1C)c1ncc(C(=O)ON)cn1. The lowest BCUT2D eigenvalue weighted by atomic mass is 10.2. The molecule has 6 rings (SSSR count). The first-order valence-corrected chi connectivity index (χ1v) is 11.9. The molecule has 1 aromatic carbocycles. The molecule has 3 aromatic heterocycles. The van der Waals surface area contributed by atoms with Crippen molar-refractivity contribution in [3.8, 4) is 22.9 Å². The van der Waals surface area contributed by atoms with Crippen molar-refractivity contribution in [3.05, 3.63) is 42.0 Å². The van der Waals surface area contributed by atoms with Gasteiger partial charge in [-0.3, -0.25) is 0 Å². The molecule has 2 aliphatic rings. The first-order chi connectivity index (χ1) is 18.5. The van der Waals surface area contributed by atoms with E-state index in [0.717, 1.165) is 17.2 Å². The molecular weight excluding hydrogens is 494 g/mol. The monoisotopic (exact) mass is 519 g/mol. The third-order valence-corrected chi connectivity index (χ3v) is 6.44. The third-order valence-electron chi connectivity index (χ3n) is 6.44. The zero-order valence-electron chi connectivity index (χ0n) is 20.8. The van der Waals surface area contributed by atoms with E-state index in [1.54, 1.807) is 0 Å². The van der Waals surface area contributed by atoms with Crippen molar-refractivity contribution in [2.45, 2.75) is 6.54 Å². The van der Waals surface area contributed by atoms with Crippen LogP contribution in [0.25, 0.3) is 22.6 Å². The number of fused-ring (bicyclic) bond motifs is 2. The third kappa shape index (κ3) is 4.29. The molecule has 0 saturated carbocycles. The Labute approximate surface area is 216 Å². The summed E-state index contributed by atoms with van der Waals surface area (Å²) in [4.78, 5) is 43.1. The highest BCUT2D eigenvalue weighted by atomic mass is 16.7. The van der Waals surface area contributed by atoms with Crippen molar-refractivity contribution >= 4 is 28.9 Å². The average molecular weight is 520 g/mol. The van der Waals surface area contributed by atoms with Gasteiger partial charge < -0.3 is 33.4 Å². The summed E-state index contributed by atoms with van der Waals surface area (Å²) in [5.41, 5.74) is 2.37. The van der Waals surface area contributed by atoms with Crippen LogP contribution in [0.4, 0.5) is 11.8 Å². The number of carbonyl (C=O) groups is 1. The Bertz CT molecular complexity index is 1500. The van der Waals surface area contributed by atoms with Crippen molar-refractivity contribution in [1.82, 2.24) is 29.5 Å². The van der Waals surface area contributed by atoms with Crippen LogP contribution in [-0.2, 0) is 23.2 Å². The number of aromatic nitrogens is 6. The zero-order valence-corrected chi connectivity index (χ0v) is 20.8. The molecule has 0 amide bonds. The Morgan fingerprint density at radius 3 is 2.63 bits per heavy atom. The van der Waals surface area contributed by atoms with E-state index >= 15 is 0 Å². The Kier molecular flexibility index (Phi) is 6.09. The molecule has 0 radical (unpaired) electrons. The second-order valence-corrected chi connectivity index (χ2v) is 8.83. The number of ether oxygens (including phenoxy) is 3. The maximum absolute atomic E-state index is 11.6. The zero-order chi connectivity index (χ0) is 26.2. The van der Waals surface area contributed by atoms with Crippen molar-refractivity contribution in [2.24, 2.45) is 12.9 Å². The molecule has 14 heteroatoms. The second-order valence-electron chi connectivity index (χ2n) is 8.83. The van der Waals surface area contributed by atoms with Crippen LogP contribution >= 0.6 is 0 Å². The van der Waals surface area contributed by atoms with Crippen LogP contribution in [0.15, 0.2) is 30.6 Å². The summed E-state index contributed by atoms with van der Waals surface area (Å²) < 4.78 is 18.5. The molecule has 1 fully saturated rings. The lowest BCUT2D eigenvalue weighted by Gasteiger charge is -2.28. The summed E-state index contributed by atoms with van der Waals surface area (Å²) in [6, 6.07) is 5.67. The predicted octanol–water partition coefficient (Wildman–Crippen LogP) is 1.05. The van der Waals surface area contributed by atoms with Gasteiger partial charge in [0.1, 0.15) is 5.82 Å². The van der Waals surface area contributed by atoms with Crippen LogP contribution in [0.5, 0.6) is 11.5 Å². The highest BCUT2D eigenvalue weighted by Crippen LogP contribution is 2.36. The molecule has 0 bridgehead atoms. The fourth-order valence-corrected chi connectivity index (χ4v) is 4.37. The quantitative estimate of drug-likeness (QED) is 0.361. The first kappa shape index (κ1) is 23.8. The molecule has 2 aliphatic heterocycles. The summed E-state index contributed by atoms with van der Waals surface area (Å²) >= 11 is 0. The smallest absolute Gasteiger partial charge is 0.359 e. The average Bonchev–Trinajstić information content (AvgIpc) is 3.56. The topological polar surface area (TPSA) is 156 Å². The molecule has 0 atom stereocenters. The van der Waals surface area contributed by atoms with Gasteiger partial charge in [0.15, 0.2) is 34.3 Å². The van der Waals surface area contributed by atoms with Gasteiger partial charge in [-0.05, 0) is 18.2 Å². The lowest BCUT2D eigenvalue weighted by molar-refractivity contribution is 0.0502. The number of anilines is 2. The van der Waals surface area contributed by atoms with Gasteiger partial charge in [0, 0.05) is 45.1 Å². The summed E-state index contributed by atoms with van der Waals surface area (Å²) in [5.74, 6) is 8.05. The minimum Gasteiger partial charge on any atom is -0.454 e. The summed E-state index contributed by atoms with van der Waals surface area (Å²) in [6.45, 7) is 3.19. The standard InChI is InChI=1S/C24H25N9O5/c1-31(24-26-10-15(11-27-24)23(34)38-25)12-18-28-19-21(32(18)2)29-20(30-22(19)33-5-7-35-8-6-33)14-3-4-16-17(9-14)37-13-36-16/h3-4,9-11H,5-8,12-13,25H2,1-2H3. The minimum atomic E-state index is -0.706. The number of nitrogens with two attached hydrogens (primary N) is 1. The van der Waals surface area contributed by atoms with E-state index in [-0.39, 0.29) is 12.4 Å². The summed E-state index contributed by atoms with van der Waals surface area (Å²) in [6.07, 6.45) is 2.73. The Morgan fingerprint density at radius 2 is 1.87 bits per heavy atom. The molecular formula is C24H25N9O5. The number of nitrogens with zero attached hydrogens (tertiary/aromatic N) is 8. The fraction of sp³-hybridized carbons (Fsp3) is 0.333. The predicted molar refractivity (Wildman–Crippen MR) is 135 cm³/mol. The molecule has 2 N–H and O–H groups in total. The molecule has 5 heterocycles.